The molecule has 3 rings (SSSR count). The van der Waals surface area contributed by atoms with E-state index in [-0.39, 0.29) is 0 Å². The van der Waals surface area contributed by atoms with Crippen LogP contribution in [0.15, 0.2) is 30.6 Å². The van der Waals surface area contributed by atoms with Crippen molar-refractivity contribution in [3.05, 3.63) is 36.4 Å². The van der Waals surface area contributed by atoms with Crippen molar-refractivity contribution in [2.24, 2.45) is 5.92 Å². The normalized spacial score (nSPS) is 14.7. The zero-order valence-electron chi connectivity index (χ0n) is 12.8. The van der Waals surface area contributed by atoms with E-state index in [2.05, 4.69) is 58.4 Å². The SMILES string of the molecule is CC(C)Cn1ncnc1CN1CCCNc2ccccc21. The summed E-state index contributed by atoms with van der Waals surface area (Å²) in [7, 11) is 0. The molecule has 0 saturated carbocycles. The lowest BCUT2D eigenvalue weighted by atomic mass is 10.2. The van der Waals surface area contributed by atoms with Crippen molar-refractivity contribution in [3.63, 3.8) is 0 Å². The Balaban J connectivity index is 1.83. The van der Waals surface area contributed by atoms with Crippen LogP contribution in [0.3, 0.4) is 0 Å². The zero-order chi connectivity index (χ0) is 14.7. The van der Waals surface area contributed by atoms with Crippen molar-refractivity contribution in [2.75, 3.05) is 23.3 Å². The summed E-state index contributed by atoms with van der Waals surface area (Å²) >= 11 is 0. The fraction of sp³-hybridized carbons (Fsp3) is 0.500. The van der Waals surface area contributed by atoms with Gasteiger partial charge in [-0.05, 0) is 24.5 Å². The van der Waals surface area contributed by atoms with Crippen LogP contribution in [0.5, 0.6) is 0 Å². The molecular weight excluding hydrogens is 262 g/mol. The van der Waals surface area contributed by atoms with Crippen LogP contribution in [0, 0.1) is 5.92 Å². The van der Waals surface area contributed by atoms with E-state index in [0.717, 1.165) is 38.4 Å². The van der Waals surface area contributed by atoms with Gasteiger partial charge in [-0.15, -0.1) is 0 Å². The van der Waals surface area contributed by atoms with Crippen LogP contribution in [0.2, 0.25) is 0 Å². The van der Waals surface area contributed by atoms with Crippen LogP contribution in [0.25, 0.3) is 0 Å². The average Bonchev–Trinajstić information content (AvgIpc) is 2.78. The maximum absolute atomic E-state index is 4.46. The number of nitrogens with one attached hydrogen (secondary N) is 1. The molecule has 5 nitrogen and oxygen atoms in total. The molecular formula is C16H23N5. The summed E-state index contributed by atoms with van der Waals surface area (Å²) < 4.78 is 2.03. The van der Waals surface area contributed by atoms with E-state index in [1.54, 1.807) is 6.33 Å². The first-order valence-electron chi connectivity index (χ1n) is 7.68. The number of benzene rings is 1. The molecule has 1 aromatic carbocycles. The molecule has 0 amide bonds. The number of hydrogen-bond donors (Lipinski definition) is 1. The summed E-state index contributed by atoms with van der Waals surface area (Å²) in [6, 6.07) is 8.50. The van der Waals surface area contributed by atoms with E-state index in [1.165, 1.54) is 11.4 Å². The van der Waals surface area contributed by atoms with Crippen LogP contribution in [-0.2, 0) is 13.1 Å². The molecule has 0 fully saturated rings. The van der Waals surface area contributed by atoms with Crippen molar-refractivity contribution < 1.29 is 0 Å². The highest BCUT2D eigenvalue weighted by molar-refractivity contribution is 5.70. The number of hydrogen-bond acceptors (Lipinski definition) is 4. The Morgan fingerprint density at radius 1 is 1.29 bits per heavy atom. The summed E-state index contributed by atoms with van der Waals surface area (Å²) in [5.41, 5.74) is 2.47. The number of fused-ring (bicyclic) bond motifs is 1. The number of nitrogens with zero attached hydrogens (tertiary/aromatic N) is 4. The third-order valence-corrected chi connectivity index (χ3v) is 3.73. The van der Waals surface area contributed by atoms with Crippen molar-refractivity contribution >= 4 is 11.4 Å². The fourth-order valence-electron chi connectivity index (χ4n) is 2.76. The lowest BCUT2D eigenvalue weighted by Gasteiger charge is -2.24. The van der Waals surface area contributed by atoms with E-state index in [4.69, 9.17) is 0 Å². The molecule has 2 heterocycles. The molecule has 0 saturated heterocycles. The second-order valence-electron chi connectivity index (χ2n) is 5.97. The van der Waals surface area contributed by atoms with Crippen molar-refractivity contribution in [1.29, 1.82) is 0 Å². The van der Waals surface area contributed by atoms with Gasteiger partial charge in [-0.1, -0.05) is 26.0 Å². The molecule has 0 radical (unpaired) electrons. The summed E-state index contributed by atoms with van der Waals surface area (Å²) in [5.74, 6) is 1.61. The predicted molar refractivity (Wildman–Crippen MR) is 85.5 cm³/mol. The van der Waals surface area contributed by atoms with Crippen molar-refractivity contribution in [3.8, 4) is 0 Å². The Morgan fingerprint density at radius 2 is 2.14 bits per heavy atom. The van der Waals surface area contributed by atoms with Gasteiger partial charge in [0.25, 0.3) is 0 Å². The monoisotopic (exact) mass is 285 g/mol. The first-order valence-corrected chi connectivity index (χ1v) is 7.68. The van der Waals surface area contributed by atoms with Gasteiger partial charge in [0.1, 0.15) is 12.2 Å². The Bertz CT molecular complexity index is 590. The van der Waals surface area contributed by atoms with E-state index in [0.29, 0.717) is 5.92 Å². The molecule has 1 N–H and O–H groups in total. The molecule has 0 atom stereocenters. The standard InChI is InChI=1S/C16H23N5/c1-13(2)10-21-16(18-12-19-21)11-20-9-5-8-17-14-6-3-4-7-15(14)20/h3-4,6-7,12-13,17H,5,8-11H2,1-2H3. The Morgan fingerprint density at radius 3 is 3.00 bits per heavy atom. The van der Waals surface area contributed by atoms with Gasteiger partial charge in [0, 0.05) is 19.6 Å². The number of rotatable bonds is 4. The summed E-state index contributed by atoms with van der Waals surface area (Å²) in [6.07, 6.45) is 2.80. The second kappa shape index (κ2) is 6.16. The smallest absolute Gasteiger partial charge is 0.146 e. The number of para-hydroxylation sites is 2. The highest BCUT2D eigenvalue weighted by Gasteiger charge is 2.17. The van der Waals surface area contributed by atoms with E-state index < -0.39 is 0 Å². The van der Waals surface area contributed by atoms with Gasteiger partial charge in [-0.25, -0.2) is 9.67 Å². The molecule has 0 aliphatic carbocycles. The molecule has 0 unspecified atom stereocenters. The molecule has 0 spiro atoms. The maximum atomic E-state index is 4.46. The molecule has 1 aromatic heterocycles. The molecule has 21 heavy (non-hydrogen) atoms. The summed E-state index contributed by atoms with van der Waals surface area (Å²) in [6.45, 7) is 8.20. The first kappa shape index (κ1) is 13.9. The van der Waals surface area contributed by atoms with Gasteiger partial charge >= 0.3 is 0 Å². The summed E-state index contributed by atoms with van der Waals surface area (Å²) in [5, 5.41) is 7.86. The Hall–Kier alpha value is -2.04. The molecule has 1 aliphatic heterocycles. The van der Waals surface area contributed by atoms with Gasteiger partial charge in [0.15, 0.2) is 0 Å². The van der Waals surface area contributed by atoms with E-state index >= 15 is 0 Å². The van der Waals surface area contributed by atoms with Crippen LogP contribution in [0.1, 0.15) is 26.1 Å². The van der Waals surface area contributed by atoms with E-state index in [9.17, 15) is 0 Å². The van der Waals surface area contributed by atoms with Gasteiger partial charge in [0.05, 0.1) is 17.9 Å². The largest absolute Gasteiger partial charge is 0.383 e. The lowest BCUT2D eigenvalue weighted by molar-refractivity contribution is 0.463. The minimum Gasteiger partial charge on any atom is -0.383 e. The molecule has 2 aromatic rings. The van der Waals surface area contributed by atoms with Gasteiger partial charge in [0.2, 0.25) is 0 Å². The molecule has 0 bridgehead atoms. The van der Waals surface area contributed by atoms with Crippen LogP contribution >= 0.6 is 0 Å². The quantitative estimate of drug-likeness (QED) is 0.938. The van der Waals surface area contributed by atoms with Gasteiger partial charge < -0.3 is 10.2 Å². The molecule has 5 heteroatoms. The van der Waals surface area contributed by atoms with Gasteiger partial charge in [-0.2, -0.15) is 5.10 Å². The van der Waals surface area contributed by atoms with Crippen LogP contribution in [-0.4, -0.2) is 27.9 Å². The predicted octanol–water partition coefficient (Wildman–Crippen LogP) is 2.76. The van der Waals surface area contributed by atoms with Crippen LogP contribution < -0.4 is 10.2 Å². The lowest BCUT2D eigenvalue weighted by Crippen LogP contribution is -2.26. The van der Waals surface area contributed by atoms with E-state index in [1.807, 2.05) is 4.68 Å². The highest BCUT2D eigenvalue weighted by atomic mass is 15.3. The second-order valence-corrected chi connectivity index (χ2v) is 5.97. The average molecular weight is 285 g/mol. The molecule has 112 valence electrons. The number of aromatic nitrogens is 3. The summed E-state index contributed by atoms with van der Waals surface area (Å²) in [4.78, 5) is 6.86. The Kier molecular flexibility index (Phi) is 4.08. The minimum absolute atomic E-state index is 0.573. The minimum atomic E-state index is 0.573. The first-order chi connectivity index (χ1) is 10.2. The van der Waals surface area contributed by atoms with Crippen molar-refractivity contribution in [2.45, 2.75) is 33.4 Å². The topological polar surface area (TPSA) is 46.0 Å². The third kappa shape index (κ3) is 3.17. The Labute approximate surface area is 126 Å². The number of anilines is 2. The zero-order valence-corrected chi connectivity index (χ0v) is 12.8. The van der Waals surface area contributed by atoms with Crippen LogP contribution in [0.4, 0.5) is 11.4 Å². The van der Waals surface area contributed by atoms with Crippen molar-refractivity contribution in [1.82, 2.24) is 14.8 Å². The third-order valence-electron chi connectivity index (χ3n) is 3.73. The highest BCUT2D eigenvalue weighted by Crippen LogP contribution is 2.28. The van der Waals surface area contributed by atoms with Gasteiger partial charge in [-0.3, -0.25) is 0 Å². The molecule has 1 aliphatic rings. The maximum Gasteiger partial charge on any atom is 0.146 e. The fourth-order valence-corrected chi connectivity index (χ4v) is 2.76.